The summed E-state index contributed by atoms with van der Waals surface area (Å²) in [6.45, 7) is 4.08. The molecule has 0 aromatic rings. The average molecular weight is 271 g/mol. The van der Waals surface area contributed by atoms with Gasteiger partial charge in [0, 0.05) is 19.1 Å². The Hall–Kier alpha value is -1.79. The van der Waals surface area contributed by atoms with E-state index in [1.54, 1.807) is 13.8 Å². The molecule has 0 saturated heterocycles. The number of likely N-dealkylation sites (N-methyl/N-ethyl adjacent to an activating group) is 1. The molecule has 1 aliphatic carbocycles. The molecule has 7 nitrogen and oxygen atoms in total. The number of nitrogens with zero attached hydrogens (tertiary/aromatic N) is 1. The average Bonchev–Trinajstić information content (AvgIpc) is 3.13. The summed E-state index contributed by atoms with van der Waals surface area (Å²) in [4.78, 5) is 35.6. The number of rotatable bonds is 7. The first-order valence-electron chi connectivity index (χ1n) is 6.52. The minimum Gasteiger partial charge on any atom is -0.481 e. The van der Waals surface area contributed by atoms with Gasteiger partial charge >= 0.3 is 12.0 Å². The Balaban J connectivity index is 2.47. The molecule has 0 bridgehead atoms. The number of nitrogens with one attached hydrogen (secondary N) is 2. The second-order valence-electron chi connectivity index (χ2n) is 4.63. The molecule has 0 heterocycles. The molecule has 108 valence electrons. The number of hydrogen-bond donors (Lipinski definition) is 3. The van der Waals surface area contributed by atoms with Crippen molar-refractivity contribution in [3.8, 4) is 0 Å². The molecule has 7 heteroatoms. The molecule has 1 unspecified atom stereocenters. The van der Waals surface area contributed by atoms with Crippen LogP contribution < -0.4 is 10.6 Å². The summed E-state index contributed by atoms with van der Waals surface area (Å²) in [7, 11) is 0. The van der Waals surface area contributed by atoms with Crippen molar-refractivity contribution in [1.82, 2.24) is 15.5 Å². The minimum absolute atomic E-state index is 0.0839. The molecule has 3 N–H and O–H groups in total. The van der Waals surface area contributed by atoms with E-state index in [0.717, 1.165) is 12.8 Å². The normalized spacial score (nSPS) is 15.5. The van der Waals surface area contributed by atoms with Crippen LogP contribution in [0.4, 0.5) is 4.79 Å². The van der Waals surface area contributed by atoms with Crippen molar-refractivity contribution < 1.29 is 19.5 Å². The first-order valence-corrected chi connectivity index (χ1v) is 6.52. The minimum atomic E-state index is -0.935. The Morgan fingerprint density at radius 2 is 2.00 bits per heavy atom. The van der Waals surface area contributed by atoms with Crippen LogP contribution in [-0.4, -0.2) is 53.1 Å². The lowest BCUT2D eigenvalue weighted by Crippen LogP contribution is -2.50. The Kier molecular flexibility index (Phi) is 5.59. The zero-order valence-corrected chi connectivity index (χ0v) is 11.3. The summed E-state index contributed by atoms with van der Waals surface area (Å²) in [6.07, 6.45) is 1.70. The van der Waals surface area contributed by atoms with E-state index in [1.165, 1.54) is 4.90 Å². The van der Waals surface area contributed by atoms with Crippen molar-refractivity contribution in [3.05, 3.63) is 0 Å². The number of carboxylic acids is 1. The molecule has 3 amide bonds. The number of amides is 3. The number of carboxylic acid groups (broad SMARTS) is 1. The molecule has 1 fully saturated rings. The predicted molar refractivity (Wildman–Crippen MR) is 68.7 cm³/mol. The number of aliphatic carboxylic acids is 1. The highest BCUT2D eigenvalue weighted by Crippen LogP contribution is 2.26. The predicted octanol–water partition coefficient (Wildman–Crippen LogP) is 0.160. The van der Waals surface area contributed by atoms with E-state index in [1.807, 2.05) is 0 Å². The van der Waals surface area contributed by atoms with Crippen molar-refractivity contribution in [2.45, 2.75) is 45.2 Å². The largest absolute Gasteiger partial charge is 0.481 e. The molecule has 0 radical (unpaired) electrons. The number of carbonyl (C=O) groups is 3. The Morgan fingerprint density at radius 1 is 1.37 bits per heavy atom. The fourth-order valence-corrected chi connectivity index (χ4v) is 1.71. The van der Waals surface area contributed by atoms with E-state index in [9.17, 15) is 14.4 Å². The maximum atomic E-state index is 12.0. The topological polar surface area (TPSA) is 98.7 Å². The fourth-order valence-electron chi connectivity index (χ4n) is 1.71. The highest BCUT2D eigenvalue weighted by molar-refractivity contribution is 5.86. The van der Waals surface area contributed by atoms with Crippen LogP contribution >= 0.6 is 0 Å². The molecule has 19 heavy (non-hydrogen) atoms. The standard InChI is InChI=1S/C12H21N3O4/c1-3-13-11(18)8(2)14-12(19)15(9-4-5-9)7-6-10(16)17/h8-9H,3-7H2,1-2H3,(H,13,18)(H,14,19)(H,16,17). The lowest BCUT2D eigenvalue weighted by molar-refractivity contribution is -0.137. The van der Waals surface area contributed by atoms with Crippen molar-refractivity contribution >= 4 is 17.9 Å². The quantitative estimate of drug-likeness (QED) is 0.614. The van der Waals surface area contributed by atoms with Gasteiger partial charge in [0.05, 0.1) is 6.42 Å². The van der Waals surface area contributed by atoms with Crippen molar-refractivity contribution in [1.29, 1.82) is 0 Å². The van der Waals surface area contributed by atoms with Gasteiger partial charge in [-0.15, -0.1) is 0 Å². The van der Waals surface area contributed by atoms with Gasteiger partial charge in [-0.3, -0.25) is 9.59 Å². The summed E-state index contributed by atoms with van der Waals surface area (Å²) in [5.74, 6) is -1.18. The molecule has 1 atom stereocenters. The van der Waals surface area contributed by atoms with Gasteiger partial charge in [0.15, 0.2) is 0 Å². The van der Waals surface area contributed by atoms with Crippen LogP contribution in [0, 0.1) is 0 Å². The van der Waals surface area contributed by atoms with Crippen LogP contribution in [0.2, 0.25) is 0 Å². The van der Waals surface area contributed by atoms with Crippen molar-refractivity contribution in [3.63, 3.8) is 0 Å². The first kappa shape index (κ1) is 15.3. The Morgan fingerprint density at radius 3 is 2.47 bits per heavy atom. The highest BCUT2D eigenvalue weighted by atomic mass is 16.4. The van der Waals surface area contributed by atoms with Crippen LogP contribution in [0.3, 0.4) is 0 Å². The molecule has 0 spiro atoms. The first-order chi connectivity index (χ1) is 8.95. The summed E-state index contributed by atoms with van der Waals surface area (Å²) in [5.41, 5.74) is 0. The van der Waals surface area contributed by atoms with Gasteiger partial charge in [-0.2, -0.15) is 0 Å². The third-order valence-corrected chi connectivity index (χ3v) is 2.90. The fraction of sp³-hybridized carbons (Fsp3) is 0.750. The van der Waals surface area contributed by atoms with Crippen molar-refractivity contribution in [2.75, 3.05) is 13.1 Å². The molecule has 1 saturated carbocycles. The lowest BCUT2D eigenvalue weighted by atomic mass is 10.3. The maximum absolute atomic E-state index is 12.0. The van der Waals surface area contributed by atoms with Gasteiger partial charge in [-0.1, -0.05) is 0 Å². The molecular formula is C12H21N3O4. The SMILES string of the molecule is CCNC(=O)C(C)NC(=O)N(CCC(=O)O)C1CC1. The van der Waals surface area contributed by atoms with Gasteiger partial charge in [0.2, 0.25) is 5.91 Å². The van der Waals surface area contributed by atoms with E-state index >= 15 is 0 Å². The van der Waals surface area contributed by atoms with E-state index in [-0.39, 0.29) is 30.9 Å². The van der Waals surface area contributed by atoms with Crippen LogP contribution in [0.5, 0.6) is 0 Å². The molecule has 0 aromatic heterocycles. The second-order valence-corrected chi connectivity index (χ2v) is 4.63. The zero-order valence-electron chi connectivity index (χ0n) is 11.3. The van der Waals surface area contributed by atoms with Gasteiger partial charge in [-0.25, -0.2) is 4.79 Å². The second kappa shape index (κ2) is 6.96. The van der Waals surface area contributed by atoms with Crippen LogP contribution in [-0.2, 0) is 9.59 Å². The molecule has 1 rings (SSSR count). The molecular weight excluding hydrogens is 250 g/mol. The van der Waals surface area contributed by atoms with Crippen molar-refractivity contribution in [2.24, 2.45) is 0 Å². The Labute approximate surface area is 112 Å². The van der Waals surface area contributed by atoms with E-state index in [2.05, 4.69) is 10.6 Å². The van der Waals surface area contributed by atoms with Gasteiger partial charge in [0.1, 0.15) is 6.04 Å². The smallest absolute Gasteiger partial charge is 0.318 e. The third kappa shape index (κ3) is 5.15. The van der Waals surface area contributed by atoms with E-state index < -0.39 is 12.0 Å². The van der Waals surface area contributed by atoms with Crippen LogP contribution in [0.1, 0.15) is 33.1 Å². The number of carbonyl (C=O) groups excluding carboxylic acids is 2. The number of hydrogen-bond acceptors (Lipinski definition) is 3. The van der Waals surface area contributed by atoms with Gasteiger partial charge in [0.25, 0.3) is 0 Å². The number of urea groups is 1. The Bertz CT molecular complexity index is 355. The third-order valence-electron chi connectivity index (χ3n) is 2.90. The van der Waals surface area contributed by atoms with E-state index in [0.29, 0.717) is 6.54 Å². The zero-order chi connectivity index (χ0) is 14.4. The summed E-state index contributed by atoms with van der Waals surface area (Å²) in [6, 6.07) is -0.887. The highest BCUT2D eigenvalue weighted by Gasteiger charge is 2.33. The molecule has 1 aliphatic rings. The summed E-state index contributed by atoms with van der Waals surface area (Å²) < 4.78 is 0. The monoisotopic (exact) mass is 271 g/mol. The van der Waals surface area contributed by atoms with Gasteiger partial charge in [-0.05, 0) is 26.7 Å². The molecule has 0 aromatic carbocycles. The maximum Gasteiger partial charge on any atom is 0.318 e. The van der Waals surface area contributed by atoms with Gasteiger partial charge < -0.3 is 20.6 Å². The molecule has 0 aliphatic heterocycles. The van der Waals surface area contributed by atoms with E-state index in [4.69, 9.17) is 5.11 Å². The lowest BCUT2D eigenvalue weighted by Gasteiger charge is -2.24. The van der Waals surface area contributed by atoms with Crippen LogP contribution in [0.15, 0.2) is 0 Å². The van der Waals surface area contributed by atoms with Crippen LogP contribution in [0.25, 0.3) is 0 Å². The summed E-state index contributed by atoms with van der Waals surface area (Å²) in [5, 5.41) is 13.9. The summed E-state index contributed by atoms with van der Waals surface area (Å²) >= 11 is 0.